The zero-order valence-electron chi connectivity index (χ0n) is 17.9. The van der Waals surface area contributed by atoms with Crippen LogP contribution in [0, 0.1) is 23.7 Å². The van der Waals surface area contributed by atoms with Gasteiger partial charge in [-0.25, -0.2) is 4.79 Å². The predicted octanol–water partition coefficient (Wildman–Crippen LogP) is 6.05. The Balaban J connectivity index is 1.58. The first-order chi connectivity index (χ1) is 15.2. The summed E-state index contributed by atoms with van der Waals surface area (Å²) in [6.07, 6.45) is 4.82. The minimum absolute atomic E-state index is 0.364. The standard InChI is InChI=1S/C29H26O2/c1-3-8-25-16-18-28-22-26(17-19-27(28)21-25)15-14-24-12-10-23(11-13-24)9-6-5-7-20-31-29(30)4-2/h4,10-13,16-19,21-22H,2-3,5,7-8,20H2,1H3. The van der Waals surface area contributed by atoms with E-state index < -0.39 is 5.97 Å². The van der Waals surface area contributed by atoms with Gasteiger partial charge in [0.1, 0.15) is 0 Å². The van der Waals surface area contributed by atoms with Crippen molar-refractivity contribution in [2.75, 3.05) is 6.61 Å². The van der Waals surface area contributed by atoms with E-state index in [0.29, 0.717) is 19.4 Å². The lowest BCUT2D eigenvalue weighted by Crippen LogP contribution is -2.01. The molecule has 2 heteroatoms. The number of hydrogen-bond donors (Lipinski definition) is 0. The third-order valence-corrected chi connectivity index (χ3v) is 4.77. The third kappa shape index (κ3) is 6.91. The van der Waals surface area contributed by atoms with Crippen LogP contribution in [0.2, 0.25) is 0 Å². The smallest absolute Gasteiger partial charge is 0.330 e. The Morgan fingerprint density at radius 1 is 0.903 bits per heavy atom. The Morgan fingerprint density at radius 3 is 2.29 bits per heavy atom. The van der Waals surface area contributed by atoms with E-state index in [1.807, 2.05) is 24.3 Å². The highest BCUT2D eigenvalue weighted by molar-refractivity contribution is 5.84. The van der Waals surface area contributed by atoms with Gasteiger partial charge in [-0.3, -0.25) is 0 Å². The summed E-state index contributed by atoms with van der Waals surface area (Å²) in [6, 6.07) is 21.0. The largest absolute Gasteiger partial charge is 0.463 e. The van der Waals surface area contributed by atoms with Gasteiger partial charge in [-0.2, -0.15) is 0 Å². The van der Waals surface area contributed by atoms with Gasteiger partial charge in [-0.05, 0) is 65.6 Å². The van der Waals surface area contributed by atoms with Gasteiger partial charge in [-0.15, -0.1) is 0 Å². The Kier molecular flexibility index (Phi) is 8.10. The van der Waals surface area contributed by atoms with Crippen molar-refractivity contribution >= 4 is 16.7 Å². The molecule has 0 aromatic heterocycles. The average molecular weight is 407 g/mol. The fourth-order valence-electron chi connectivity index (χ4n) is 3.16. The van der Waals surface area contributed by atoms with Gasteiger partial charge in [0, 0.05) is 29.2 Å². The van der Waals surface area contributed by atoms with Gasteiger partial charge in [0.05, 0.1) is 6.61 Å². The molecule has 3 aromatic rings. The first-order valence-corrected chi connectivity index (χ1v) is 10.6. The molecule has 0 amide bonds. The predicted molar refractivity (Wildman–Crippen MR) is 128 cm³/mol. The second kappa shape index (κ2) is 11.4. The Morgan fingerprint density at radius 2 is 1.55 bits per heavy atom. The quantitative estimate of drug-likeness (QED) is 0.215. The molecule has 3 rings (SSSR count). The highest BCUT2D eigenvalue weighted by Crippen LogP contribution is 2.18. The molecule has 0 atom stereocenters. The number of carbonyl (C=O) groups excluding carboxylic acids is 1. The van der Waals surface area contributed by atoms with E-state index in [9.17, 15) is 4.79 Å². The van der Waals surface area contributed by atoms with E-state index >= 15 is 0 Å². The molecule has 3 aromatic carbocycles. The number of carbonyl (C=O) groups is 1. The average Bonchev–Trinajstić information content (AvgIpc) is 2.80. The number of rotatable bonds is 6. The molecule has 0 fully saturated rings. The number of ether oxygens (including phenoxy) is 1. The van der Waals surface area contributed by atoms with E-state index in [1.54, 1.807) is 0 Å². The second-order valence-corrected chi connectivity index (χ2v) is 7.25. The van der Waals surface area contributed by atoms with Crippen LogP contribution in [0.1, 0.15) is 48.4 Å². The van der Waals surface area contributed by atoms with Crippen LogP contribution < -0.4 is 0 Å². The number of esters is 1. The van der Waals surface area contributed by atoms with Crippen molar-refractivity contribution in [3.63, 3.8) is 0 Å². The van der Waals surface area contributed by atoms with Gasteiger partial charge in [0.15, 0.2) is 0 Å². The van der Waals surface area contributed by atoms with Crippen molar-refractivity contribution in [3.05, 3.63) is 95.6 Å². The van der Waals surface area contributed by atoms with Crippen LogP contribution in [0.15, 0.2) is 73.3 Å². The third-order valence-electron chi connectivity index (χ3n) is 4.77. The van der Waals surface area contributed by atoms with E-state index in [2.05, 4.69) is 73.6 Å². The molecule has 0 radical (unpaired) electrons. The highest BCUT2D eigenvalue weighted by atomic mass is 16.5. The number of unbranched alkanes of at least 4 members (excludes halogenated alkanes) is 1. The van der Waals surface area contributed by atoms with Gasteiger partial charge in [0.25, 0.3) is 0 Å². The minimum Gasteiger partial charge on any atom is -0.463 e. The first kappa shape index (κ1) is 21.9. The molecule has 0 saturated heterocycles. The normalized spacial score (nSPS) is 9.84. The topological polar surface area (TPSA) is 26.3 Å². The van der Waals surface area contributed by atoms with Crippen molar-refractivity contribution in [1.29, 1.82) is 0 Å². The van der Waals surface area contributed by atoms with Crippen molar-refractivity contribution in [2.45, 2.75) is 32.6 Å². The Bertz CT molecular complexity index is 1180. The van der Waals surface area contributed by atoms with Crippen molar-refractivity contribution < 1.29 is 9.53 Å². The lowest BCUT2D eigenvalue weighted by Gasteiger charge is -2.03. The van der Waals surface area contributed by atoms with Gasteiger partial charge < -0.3 is 4.74 Å². The maximum atomic E-state index is 10.9. The molecule has 0 unspecified atom stereocenters. The van der Waals surface area contributed by atoms with Crippen LogP contribution in [-0.2, 0) is 16.0 Å². The van der Waals surface area contributed by atoms with Crippen LogP contribution in [0.4, 0.5) is 0 Å². The Hall–Kier alpha value is -3.75. The highest BCUT2D eigenvalue weighted by Gasteiger charge is 1.98. The van der Waals surface area contributed by atoms with Crippen LogP contribution >= 0.6 is 0 Å². The molecule has 0 aliphatic carbocycles. The van der Waals surface area contributed by atoms with Gasteiger partial charge in [0.2, 0.25) is 0 Å². The van der Waals surface area contributed by atoms with E-state index in [1.165, 1.54) is 22.4 Å². The lowest BCUT2D eigenvalue weighted by atomic mass is 10.0. The lowest BCUT2D eigenvalue weighted by molar-refractivity contribution is -0.137. The van der Waals surface area contributed by atoms with Crippen molar-refractivity contribution in [1.82, 2.24) is 0 Å². The molecule has 0 saturated carbocycles. The molecular formula is C29H26O2. The molecule has 0 aliphatic rings. The van der Waals surface area contributed by atoms with E-state index in [4.69, 9.17) is 4.74 Å². The number of fused-ring (bicyclic) bond motifs is 1. The second-order valence-electron chi connectivity index (χ2n) is 7.25. The number of aryl methyl sites for hydroxylation is 1. The summed E-state index contributed by atoms with van der Waals surface area (Å²) in [7, 11) is 0. The zero-order chi connectivity index (χ0) is 21.9. The fraction of sp³-hybridized carbons (Fsp3) is 0.207. The van der Waals surface area contributed by atoms with Crippen molar-refractivity contribution in [2.24, 2.45) is 0 Å². The van der Waals surface area contributed by atoms with Crippen LogP contribution in [0.25, 0.3) is 10.8 Å². The monoisotopic (exact) mass is 406 g/mol. The maximum Gasteiger partial charge on any atom is 0.330 e. The first-order valence-electron chi connectivity index (χ1n) is 10.6. The molecule has 154 valence electrons. The molecule has 0 aliphatic heterocycles. The molecule has 0 spiro atoms. The summed E-state index contributed by atoms with van der Waals surface area (Å²) in [5.41, 5.74) is 4.30. The summed E-state index contributed by atoms with van der Waals surface area (Å²) in [5.74, 6) is 12.3. The molecule has 0 heterocycles. The summed E-state index contributed by atoms with van der Waals surface area (Å²) in [6.45, 7) is 5.93. The van der Waals surface area contributed by atoms with E-state index in [0.717, 1.165) is 29.5 Å². The summed E-state index contributed by atoms with van der Waals surface area (Å²) < 4.78 is 4.92. The summed E-state index contributed by atoms with van der Waals surface area (Å²) in [4.78, 5) is 10.9. The maximum absolute atomic E-state index is 10.9. The fourth-order valence-corrected chi connectivity index (χ4v) is 3.16. The zero-order valence-corrected chi connectivity index (χ0v) is 17.9. The van der Waals surface area contributed by atoms with Crippen LogP contribution in [0.5, 0.6) is 0 Å². The van der Waals surface area contributed by atoms with Gasteiger partial charge in [-0.1, -0.05) is 67.9 Å². The van der Waals surface area contributed by atoms with Gasteiger partial charge >= 0.3 is 5.97 Å². The SMILES string of the molecule is C=CC(=O)OCCCC#Cc1ccc(C#Cc2ccc3cc(CCC)ccc3c2)cc1. The van der Waals surface area contributed by atoms with E-state index in [-0.39, 0.29) is 0 Å². The molecular weight excluding hydrogens is 380 g/mol. The van der Waals surface area contributed by atoms with Crippen LogP contribution in [-0.4, -0.2) is 12.6 Å². The van der Waals surface area contributed by atoms with Crippen LogP contribution in [0.3, 0.4) is 0 Å². The molecule has 0 N–H and O–H groups in total. The number of benzene rings is 3. The van der Waals surface area contributed by atoms with Crippen molar-refractivity contribution in [3.8, 4) is 23.7 Å². The molecule has 0 bridgehead atoms. The summed E-state index contributed by atoms with van der Waals surface area (Å²) >= 11 is 0. The Labute approximate surface area is 184 Å². The molecule has 31 heavy (non-hydrogen) atoms. The minimum atomic E-state index is -0.394. The number of hydrogen-bond acceptors (Lipinski definition) is 2. The summed E-state index contributed by atoms with van der Waals surface area (Å²) in [5, 5.41) is 2.48. The molecule has 2 nitrogen and oxygen atoms in total.